The topological polar surface area (TPSA) is 156 Å². The van der Waals surface area contributed by atoms with Crippen molar-refractivity contribution in [1.82, 2.24) is 29.9 Å². The number of nitrogens with zero attached hydrogens (tertiary/aromatic N) is 4. The summed E-state index contributed by atoms with van der Waals surface area (Å²) in [6.07, 6.45) is 2.11. The lowest BCUT2D eigenvalue weighted by molar-refractivity contribution is -0.135. The molecule has 3 aromatic rings. The molecule has 2 aliphatic heterocycles. The number of H-pyrrole nitrogens is 1. The Morgan fingerprint density at radius 3 is 2.58 bits per heavy atom. The average molecular weight is 551 g/mol. The molecular weight excluding hydrogens is 520 g/mol. The lowest BCUT2D eigenvalue weighted by Crippen LogP contribution is -2.51. The summed E-state index contributed by atoms with van der Waals surface area (Å²) < 4.78 is 12.5. The number of aryl methyl sites for hydroxylation is 1. The van der Waals surface area contributed by atoms with E-state index >= 15 is 0 Å². The van der Waals surface area contributed by atoms with Crippen LogP contribution in [0.3, 0.4) is 0 Å². The number of piperidine rings is 1. The minimum absolute atomic E-state index is 0.202. The molecule has 5 rings (SSSR count). The van der Waals surface area contributed by atoms with E-state index in [9.17, 15) is 24.0 Å². The van der Waals surface area contributed by atoms with Crippen LogP contribution in [0.15, 0.2) is 30.5 Å². The Hall–Kier alpha value is -4.68. The fraction of sp³-hybridized carbons (Fsp3) is 0.407. The molecule has 2 aromatic heterocycles. The number of fused-ring (bicyclic) bond motifs is 1. The highest BCUT2D eigenvalue weighted by Crippen LogP contribution is 2.34. The first kappa shape index (κ1) is 26.9. The fourth-order valence-corrected chi connectivity index (χ4v) is 5.07. The summed E-state index contributed by atoms with van der Waals surface area (Å²) in [7, 11) is 1.74. The highest BCUT2D eigenvalue weighted by molar-refractivity contribution is 6.03. The third-order valence-electron chi connectivity index (χ3n) is 7.12. The number of para-hydroxylation sites is 1. The normalized spacial score (nSPS) is 17.6. The largest absolute Gasteiger partial charge is 0.481 e. The molecule has 0 radical (unpaired) electrons. The van der Waals surface area contributed by atoms with Gasteiger partial charge in [-0.2, -0.15) is 5.10 Å². The molecule has 1 aromatic carbocycles. The number of carbonyl (C=O) groups excluding carboxylic acids is 5. The molecule has 1 atom stereocenters. The van der Waals surface area contributed by atoms with Crippen molar-refractivity contribution in [2.75, 3.05) is 39.4 Å². The standard InChI is InChI=1S/C27H30N6O7/c1-3-39-27(38)19-13-16(14-28-19)26(37)33-11-9-32(10-12-33)22(35)15-40-20-6-4-5-17-23(30-31(2)24(17)20)18-7-8-21(34)29-25(18)36/h4-6,13-14,18,28H,3,7-12,15H2,1-2H3,(H,29,34,36). The molecule has 1 unspecified atom stereocenters. The van der Waals surface area contributed by atoms with E-state index in [1.54, 1.807) is 40.6 Å². The second kappa shape index (κ2) is 11.2. The van der Waals surface area contributed by atoms with Crippen molar-refractivity contribution in [3.05, 3.63) is 47.4 Å². The number of nitrogens with one attached hydrogen (secondary N) is 2. The van der Waals surface area contributed by atoms with Crippen molar-refractivity contribution in [3.63, 3.8) is 0 Å². The number of esters is 1. The van der Waals surface area contributed by atoms with E-state index in [1.807, 2.05) is 6.07 Å². The first-order valence-corrected chi connectivity index (χ1v) is 13.1. The molecule has 0 spiro atoms. The summed E-state index contributed by atoms with van der Waals surface area (Å²) in [6.45, 7) is 3.12. The molecule has 2 saturated heterocycles. The summed E-state index contributed by atoms with van der Waals surface area (Å²) in [5.41, 5.74) is 1.78. The molecule has 40 heavy (non-hydrogen) atoms. The SMILES string of the molecule is CCOC(=O)c1cc(C(=O)N2CCN(C(=O)COc3cccc4c(C5CCC(=O)NC5=O)nn(C)c34)CC2)c[nH]1. The van der Waals surface area contributed by atoms with Crippen LogP contribution in [-0.2, 0) is 26.2 Å². The van der Waals surface area contributed by atoms with Gasteiger partial charge in [0.2, 0.25) is 11.8 Å². The number of aromatic amines is 1. The van der Waals surface area contributed by atoms with Crippen LogP contribution in [-0.4, -0.2) is 93.6 Å². The van der Waals surface area contributed by atoms with Gasteiger partial charge in [-0.1, -0.05) is 12.1 Å². The third kappa shape index (κ3) is 5.26. The van der Waals surface area contributed by atoms with Crippen LogP contribution in [0.5, 0.6) is 5.75 Å². The van der Waals surface area contributed by atoms with Crippen molar-refractivity contribution in [2.45, 2.75) is 25.7 Å². The minimum atomic E-state index is -0.541. The summed E-state index contributed by atoms with van der Waals surface area (Å²) in [5.74, 6) is -1.72. The van der Waals surface area contributed by atoms with Crippen LogP contribution < -0.4 is 10.1 Å². The predicted molar refractivity (Wildman–Crippen MR) is 141 cm³/mol. The van der Waals surface area contributed by atoms with Gasteiger partial charge < -0.3 is 24.3 Å². The second-order valence-electron chi connectivity index (χ2n) is 9.65. The van der Waals surface area contributed by atoms with Crippen LogP contribution >= 0.6 is 0 Å². The van der Waals surface area contributed by atoms with Crippen molar-refractivity contribution >= 4 is 40.5 Å². The lowest BCUT2D eigenvalue weighted by atomic mass is 9.93. The number of piperazine rings is 1. The maximum absolute atomic E-state index is 12.9. The first-order valence-electron chi connectivity index (χ1n) is 13.1. The molecule has 210 valence electrons. The second-order valence-corrected chi connectivity index (χ2v) is 9.65. The number of rotatable bonds is 7. The van der Waals surface area contributed by atoms with Gasteiger partial charge in [0.15, 0.2) is 6.61 Å². The van der Waals surface area contributed by atoms with Gasteiger partial charge in [-0.3, -0.25) is 29.2 Å². The zero-order valence-electron chi connectivity index (χ0n) is 22.3. The molecule has 0 aliphatic carbocycles. The quantitative estimate of drug-likeness (QED) is 0.326. The fourth-order valence-electron chi connectivity index (χ4n) is 5.07. The number of imide groups is 1. The Balaban J connectivity index is 1.19. The van der Waals surface area contributed by atoms with Crippen LogP contribution in [0.4, 0.5) is 0 Å². The molecule has 13 heteroatoms. The number of ether oxygens (including phenoxy) is 2. The summed E-state index contributed by atoms with van der Waals surface area (Å²) in [4.78, 5) is 67.7. The molecular formula is C27H30N6O7. The van der Waals surface area contributed by atoms with Crippen molar-refractivity contribution < 1.29 is 33.4 Å². The molecule has 2 fully saturated rings. The molecule has 4 amide bonds. The van der Waals surface area contributed by atoms with E-state index in [0.717, 1.165) is 5.39 Å². The molecule has 2 aliphatic rings. The Labute approximate surface area is 229 Å². The van der Waals surface area contributed by atoms with Gasteiger partial charge in [0.05, 0.1) is 23.8 Å². The molecule has 13 nitrogen and oxygen atoms in total. The Morgan fingerprint density at radius 2 is 1.85 bits per heavy atom. The number of amides is 4. The van der Waals surface area contributed by atoms with Gasteiger partial charge in [0.25, 0.3) is 11.8 Å². The Morgan fingerprint density at radius 1 is 1.10 bits per heavy atom. The first-order chi connectivity index (χ1) is 19.3. The van der Waals surface area contributed by atoms with Crippen LogP contribution in [0.2, 0.25) is 0 Å². The lowest BCUT2D eigenvalue weighted by Gasteiger charge is -2.34. The maximum atomic E-state index is 12.9. The Kier molecular flexibility index (Phi) is 7.54. The van der Waals surface area contributed by atoms with Gasteiger partial charge >= 0.3 is 5.97 Å². The smallest absolute Gasteiger partial charge is 0.354 e. The van der Waals surface area contributed by atoms with Gasteiger partial charge in [0.1, 0.15) is 17.0 Å². The highest BCUT2D eigenvalue weighted by Gasteiger charge is 2.32. The van der Waals surface area contributed by atoms with Crippen LogP contribution in [0.1, 0.15) is 52.2 Å². The monoisotopic (exact) mass is 550 g/mol. The predicted octanol–water partition coefficient (Wildman–Crippen LogP) is 0.962. The zero-order valence-corrected chi connectivity index (χ0v) is 22.3. The van der Waals surface area contributed by atoms with E-state index in [4.69, 9.17) is 9.47 Å². The van der Waals surface area contributed by atoms with Crippen LogP contribution in [0.25, 0.3) is 10.9 Å². The van der Waals surface area contributed by atoms with Crippen LogP contribution in [0, 0.1) is 0 Å². The van der Waals surface area contributed by atoms with E-state index in [-0.39, 0.29) is 49.0 Å². The number of aromatic nitrogens is 3. The summed E-state index contributed by atoms with van der Waals surface area (Å²) in [6, 6.07) is 6.82. The Bertz CT molecular complexity index is 1480. The number of carbonyl (C=O) groups is 5. The van der Waals surface area contributed by atoms with Crippen molar-refractivity contribution in [1.29, 1.82) is 0 Å². The van der Waals surface area contributed by atoms with Crippen molar-refractivity contribution in [3.8, 4) is 5.75 Å². The molecule has 2 N–H and O–H groups in total. The van der Waals surface area contributed by atoms with E-state index in [1.165, 1.54) is 12.3 Å². The van der Waals surface area contributed by atoms with Gasteiger partial charge in [0, 0.05) is 51.2 Å². The number of hydrogen-bond acceptors (Lipinski definition) is 8. The summed E-state index contributed by atoms with van der Waals surface area (Å²) in [5, 5.41) is 7.64. The maximum Gasteiger partial charge on any atom is 0.354 e. The van der Waals surface area contributed by atoms with Gasteiger partial charge in [-0.25, -0.2) is 4.79 Å². The van der Waals surface area contributed by atoms with Gasteiger partial charge in [-0.15, -0.1) is 0 Å². The van der Waals surface area contributed by atoms with E-state index in [2.05, 4.69) is 15.4 Å². The average Bonchev–Trinajstić information content (AvgIpc) is 3.57. The third-order valence-corrected chi connectivity index (χ3v) is 7.12. The number of benzene rings is 1. The highest BCUT2D eigenvalue weighted by atomic mass is 16.5. The summed E-state index contributed by atoms with van der Waals surface area (Å²) >= 11 is 0. The van der Waals surface area contributed by atoms with E-state index in [0.29, 0.717) is 55.1 Å². The zero-order chi connectivity index (χ0) is 28.4. The molecule has 0 bridgehead atoms. The van der Waals surface area contributed by atoms with Gasteiger partial charge in [-0.05, 0) is 25.5 Å². The molecule has 4 heterocycles. The minimum Gasteiger partial charge on any atom is -0.481 e. The van der Waals surface area contributed by atoms with E-state index < -0.39 is 11.9 Å². The van der Waals surface area contributed by atoms with Crippen molar-refractivity contribution in [2.24, 2.45) is 7.05 Å². The number of hydrogen-bond donors (Lipinski definition) is 2. The molecule has 0 saturated carbocycles.